The van der Waals surface area contributed by atoms with E-state index in [0.29, 0.717) is 17.5 Å². The highest BCUT2D eigenvalue weighted by Crippen LogP contribution is 2.43. The number of ketones is 1. The summed E-state index contributed by atoms with van der Waals surface area (Å²) < 4.78 is 6.07. The Hall–Kier alpha value is -5.05. The van der Waals surface area contributed by atoms with Crippen LogP contribution in [-0.4, -0.2) is 42.8 Å². The normalized spacial score (nSPS) is 18.2. The molecule has 0 saturated heterocycles. The summed E-state index contributed by atoms with van der Waals surface area (Å²) in [7, 11) is 0. The van der Waals surface area contributed by atoms with Gasteiger partial charge in [-0.25, -0.2) is 9.97 Å². The predicted octanol–water partition coefficient (Wildman–Crippen LogP) is 5.74. The maximum atomic E-state index is 13.4. The summed E-state index contributed by atoms with van der Waals surface area (Å²) in [4.78, 5) is 32.2. The molecule has 2 saturated carbocycles. The van der Waals surface area contributed by atoms with Gasteiger partial charge in [-0.1, -0.05) is 59.7 Å². The topological polar surface area (TPSA) is 119 Å². The van der Waals surface area contributed by atoms with Crippen molar-refractivity contribution in [1.29, 1.82) is 0 Å². The second-order valence-corrected chi connectivity index (χ2v) is 11.1. The van der Waals surface area contributed by atoms with Gasteiger partial charge in [-0.15, -0.1) is 5.10 Å². The van der Waals surface area contributed by atoms with E-state index in [1.807, 2.05) is 73.2 Å². The largest absolute Gasteiger partial charge is 0.402 e. The van der Waals surface area contributed by atoms with Crippen LogP contribution in [0.4, 0.5) is 6.01 Å². The molecule has 2 aromatic carbocycles. The van der Waals surface area contributed by atoms with Gasteiger partial charge in [0.25, 0.3) is 5.89 Å². The molecule has 1 atom stereocenters. The van der Waals surface area contributed by atoms with Crippen molar-refractivity contribution in [2.75, 3.05) is 5.32 Å². The van der Waals surface area contributed by atoms with Gasteiger partial charge in [0.1, 0.15) is 11.5 Å². The molecule has 9 nitrogen and oxygen atoms in total. The highest BCUT2D eigenvalue weighted by atomic mass is 16.4. The SMILES string of the molecule is O=C1Cc2ccccc2C(c2ccccc2)=N[C@@H]1Nc1nnc(-c2ncc(C3CC3)cc2-c2cnc(C3CC3)nc2)o1. The highest BCUT2D eigenvalue weighted by Gasteiger charge is 2.30. The first-order valence-corrected chi connectivity index (χ1v) is 14.4. The van der Waals surface area contributed by atoms with Crippen LogP contribution >= 0.6 is 0 Å². The van der Waals surface area contributed by atoms with E-state index >= 15 is 0 Å². The molecule has 3 aliphatic rings. The first-order valence-electron chi connectivity index (χ1n) is 14.4. The number of Topliss-reactive ketones (excluding diaryl/α,β-unsaturated/α-hetero) is 1. The van der Waals surface area contributed by atoms with Gasteiger partial charge in [-0.2, -0.15) is 0 Å². The van der Waals surface area contributed by atoms with Gasteiger partial charge < -0.3 is 9.73 Å². The molecule has 1 N–H and O–H groups in total. The standard InChI is InChI=1S/C33H27N7O2/c41-27-15-22-8-4-5-9-25(22)28(20-6-2-1-3-7-20)37-31(27)38-33-40-39-32(42-33)29-26(14-23(16-34-29)19-10-11-19)24-17-35-30(36-18-24)21-12-13-21/h1-9,14,16-19,21,31H,10-13,15H2,(H,38,40)/t31-/m1/s1. The molecule has 206 valence electrons. The highest BCUT2D eigenvalue weighted by molar-refractivity contribution is 6.16. The van der Waals surface area contributed by atoms with E-state index in [4.69, 9.17) is 14.4 Å². The molecule has 4 heterocycles. The summed E-state index contributed by atoms with van der Waals surface area (Å²) in [5.41, 5.74) is 6.97. The molecule has 2 aliphatic carbocycles. The van der Waals surface area contributed by atoms with Crippen molar-refractivity contribution in [3.05, 3.63) is 107 Å². The number of pyridine rings is 1. The van der Waals surface area contributed by atoms with Gasteiger partial charge >= 0.3 is 6.01 Å². The summed E-state index contributed by atoms with van der Waals surface area (Å²) in [6.07, 6.45) is 9.56. The number of nitrogens with one attached hydrogen (secondary N) is 1. The average Bonchev–Trinajstić information content (AvgIpc) is 3.97. The Morgan fingerprint density at radius 3 is 2.31 bits per heavy atom. The molecule has 8 rings (SSSR count). The number of hydrogen-bond donors (Lipinski definition) is 1. The number of aromatic nitrogens is 5. The van der Waals surface area contributed by atoms with Gasteiger partial charge in [-0.3, -0.25) is 14.8 Å². The van der Waals surface area contributed by atoms with Crippen LogP contribution in [0.15, 0.2) is 88.7 Å². The van der Waals surface area contributed by atoms with Gasteiger partial charge in [0, 0.05) is 53.2 Å². The van der Waals surface area contributed by atoms with Crippen LogP contribution in [0.25, 0.3) is 22.7 Å². The molecule has 2 fully saturated rings. The van der Waals surface area contributed by atoms with Gasteiger partial charge in [0.2, 0.25) is 0 Å². The Balaban J connectivity index is 1.13. The van der Waals surface area contributed by atoms with E-state index in [1.54, 1.807) is 0 Å². The Labute approximate surface area is 242 Å². The Kier molecular flexibility index (Phi) is 5.94. The third-order valence-corrected chi connectivity index (χ3v) is 8.02. The molecule has 0 radical (unpaired) electrons. The average molecular weight is 554 g/mol. The van der Waals surface area contributed by atoms with Crippen molar-refractivity contribution >= 4 is 17.5 Å². The van der Waals surface area contributed by atoms with Crippen LogP contribution in [0.5, 0.6) is 0 Å². The van der Waals surface area contributed by atoms with E-state index in [0.717, 1.165) is 65.0 Å². The minimum absolute atomic E-state index is 0.0892. The zero-order chi connectivity index (χ0) is 28.0. The van der Waals surface area contributed by atoms with Gasteiger partial charge in [0.05, 0.1) is 5.71 Å². The molecule has 5 aromatic rings. The van der Waals surface area contributed by atoms with E-state index < -0.39 is 6.17 Å². The van der Waals surface area contributed by atoms with Crippen LogP contribution in [0, 0.1) is 0 Å². The maximum Gasteiger partial charge on any atom is 0.317 e. The lowest BCUT2D eigenvalue weighted by atomic mass is 9.96. The summed E-state index contributed by atoms with van der Waals surface area (Å²) in [6.45, 7) is 0. The van der Waals surface area contributed by atoms with Crippen LogP contribution < -0.4 is 5.32 Å². The smallest absolute Gasteiger partial charge is 0.317 e. The molecule has 9 heteroatoms. The lowest BCUT2D eigenvalue weighted by molar-refractivity contribution is -0.119. The predicted molar refractivity (Wildman–Crippen MR) is 157 cm³/mol. The zero-order valence-corrected chi connectivity index (χ0v) is 22.8. The quantitative estimate of drug-likeness (QED) is 0.271. The number of carbonyl (C=O) groups excluding carboxylic acids is 1. The molecule has 0 spiro atoms. The van der Waals surface area contributed by atoms with Crippen LogP contribution in [0.1, 0.15) is 65.6 Å². The van der Waals surface area contributed by atoms with Crippen molar-refractivity contribution in [2.24, 2.45) is 4.99 Å². The summed E-state index contributed by atoms with van der Waals surface area (Å²) >= 11 is 0. The van der Waals surface area contributed by atoms with E-state index in [2.05, 4.69) is 31.5 Å². The van der Waals surface area contributed by atoms with E-state index in [-0.39, 0.29) is 24.1 Å². The number of aliphatic imine (C=N–C) groups is 1. The lowest BCUT2D eigenvalue weighted by Crippen LogP contribution is -2.29. The fourth-order valence-electron chi connectivity index (χ4n) is 5.43. The van der Waals surface area contributed by atoms with Crippen LogP contribution in [0.3, 0.4) is 0 Å². The van der Waals surface area contributed by atoms with Crippen molar-refractivity contribution in [3.63, 3.8) is 0 Å². The summed E-state index contributed by atoms with van der Waals surface area (Å²) in [5, 5.41) is 11.6. The number of anilines is 1. The lowest BCUT2D eigenvalue weighted by Gasteiger charge is -2.12. The minimum Gasteiger partial charge on any atom is -0.402 e. The summed E-state index contributed by atoms with van der Waals surface area (Å²) in [5.74, 6) is 2.05. The second-order valence-electron chi connectivity index (χ2n) is 11.1. The maximum absolute atomic E-state index is 13.4. The molecular formula is C33H27N7O2. The number of benzene rings is 2. The van der Waals surface area contributed by atoms with Crippen LogP contribution in [0.2, 0.25) is 0 Å². The Morgan fingerprint density at radius 1 is 0.762 bits per heavy atom. The first kappa shape index (κ1) is 24.7. The first-order chi connectivity index (χ1) is 20.7. The fraction of sp³-hybridized carbons (Fsp3) is 0.242. The molecule has 0 unspecified atom stereocenters. The molecule has 0 amide bonds. The van der Waals surface area contributed by atoms with Gasteiger partial charge in [-0.05, 0) is 48.8 Å². The van der Waals surface area contributed by atoms with Crippen molar-refractivity contribution < 1.29 is 9.21 Å². The Morgan fingerprint density at radius 2 is 1.52 bits per heavy atom. The zero-order valence-electron chi connectivity index (χ0n) is 22.8. The Bertz CT molecular complexity index is 1820. The number of nitrogens with zero attached hydrogens (tertiary/aromatic N) is 6. The third-order valence-electron chi connectivity index (χ3n) is 8.02. The molecule has 3 aromatic heterocycles. The van der Waals surface area contributed by atoms with Crippen molar-refractivity contribution in [2.45, 2.75) is 50.1 Å². The fourth-order valence-corrected chi connectivity index (χ4v) is 5.43. The number of carbonyl (C=O) groups is 1. The molecule has 42 heavy (non-hydrogen) atoms. The number of fused-ring (bicyclic) bond motifs is 1. The number of rotatable bonds is 7. The summed E-state index contributed by atoms with van der Waals surface area (Å²) in [6, 6.07) is 20.0. The minimum atomic E-state index is -0.894. The second kappa shape index (κ2) is 10.1. The third kappa shape index (κ3) is 4.76. The van der Waals surface area contributed by atoms with E-state index in [1.165, 1.54) is 5.56 Å². The number of hydrogen-bond acceptors (Lipinski definition) is 9. The van der Waals surface area contributed by atoms with Gasteiger partial charge in [0.15, 0.2) is 11.9 Å². The van der Waals surface area contributed by atoms with E-state index in [9.17, 15) is 4.79 Å². The van der Waals surface area contributed by atoms with Crippen molar-refractivity contribution in [1.82, 2.24) is 25.1 Å². The monoisotopic (exact) mass is 553 g/mol. The van der Waals surface area contributed by atoms with Crippen molar-refractivity contribution in [3.8, 4) is 22.7 Å². The molecule has 0 bridgehead atoms. The van der Waals surface area contributed by atoms with Crippen LogP contribution in [-0.2, 0) is 11.2 Å². The molecule has 1 aliphatic heterocycles. The molecular weight excluding hydrogens is 526 g/mol.